The van der Waals surface area contributed by atoms with Crippen molar-refractivity contribution in [2.24, 2.45) is 0 Å². The first-order valence-corrected chi connectivity index (χ1v) is 4.50. The molecule has 0 aliphatic rings. The Balaban J connectivity index is 3.09. The Labute approximate surface area is 74.9 Å². The molecule has 1 N–H and O–H groups in total. The summed E-state index contributed by atoms with van der Waals surface area (Å²) in [5, 5.41) is 9.30. The first-order chi connectivity index (χ1) is 5.81. The van der Waals surface area contributed by atoms with Crippen molar-refractivity contribution in [3.05, 3.63) is 0 Å². The van der Waals surface area contributed by atoms with Gasteiger partial charge in [0.15, 0.2) is 0 Å². The molecule has 1 atom stereocenters. The Bertz CT molecular complexity index is 126. The average molecular weight is 170 g/mol. The lowest BCUT2D eigenvalue weighted by Gasteiger charge is -2.08. The molecule has 2 heteroatoms. The van der Waals surface area contributed by atoms with E-state index in [1.165, 1.54) is 0 Å². The van der Waals surface area contributed by atoms with Crippen molar-refractivity contribution in [3.63, 3.8) is 0 Å². The monoisotopic (exact) mass is 170 g/mol. The van der Waals surface area contributed by atoms with E-state index in [2.05, 4.69) is 12.8 Å². The molecule has 0 saturated heterocycles. The second kappa shape index (κ2) is 8.58. The van der Waals surface area contributed by atoms with Crippen molar-refractivity contribution in [1.82, 2.24) is 0 Å². The van der Waals surface area contributed by atoms with E-state index in [0.717, 1.165) is 13.0 Å². The van der Waals surface area contributed by atoms with Crippen molar-refractivity contribution in [3.8, 4) is 12.3 Å². The Morgan fingerprint density at radius 3 is 2.75 bits per heavy atom. The molecule has 70 valence electrons. The van der Waals surface area contributed by atoms with Crippen LogP contribution in [0.15, 0.2) is 0 Å². The van der Waals surface area contributed by atoms with Gasteiger partial charge in [-0.2, -0.15) is 0 Å². The number of ether oxygens (including phenoxy) is 1. The van der Waals surface area contributed by atoms with Gasteiger partial charge in [0.05, 0.1) is 6.10 Å². The Hall–Kier alpha value is -0.520. The molecule has 0 saturated carbocycles. The quantitative estimate of drug-likeness (QED) is 0.464. The van der Waals surface area contributed by atoms with Gasteiger partial charge in [-0.05, 0) is 19.3 Å². The van der Waals surface area contributed by atoms with Crippen molar-refractivity contribution < 1.29 is 9.84 Å². The molecule has 0 radical (unpaired) electrons. The minimum Gasteiger partial charge on any atom is -0.393 e. The van der Waals surface area contributed by atoms with Crippen LogP contribution in [0, 0.1) is 12.3 Å². The van der Waals surface area contributed by atoms with Crippen molar-refractivity contribution >= 4 is 0 Å². The Morgan fingerprint density at radius 2 is 2.17 bits per heavy atom. The van der Waals surface area contributed by atoms with Crippen molar-refractivity contribution in [2.45, 2.75) is 38.7 Å². The summed E-state index contributed by atoms with van der Waals surface area (Å²) < 4.78 is 5.22. The van der Waals surface area contributed by atoms with E-state index in [9.17, 15) is 5.11 Å². The first-order valence-electron chi connectivity index (χ1n) is 4.50. The number of aliphatic hydroxyl groups excluding tert-OH is 1. The molecule has 0 fully saturated rings. The van der Waals surface area contributed by atoms with Gasteiger partial charge in [-0.15, -0.1) is 12.3 Å². The number of aliphatic hydroxyl groups is 1. The molecule has 0 amide bonds. The lowest BCUT2D eigenvalue weighted by molar-refractivity contribution is 0.0791. The molecule has 0 aliphatic carbocycles. The fourth-order valence-electron chi connectivity index (χ4n) is 0.860. The third-order valence-electron chi connectivity index (χ3n) is 1.57. The van der Waals surface area contributed by atoms with Gasteiger partial charge in [0.2, 0.25) is 0 Å². The Kier molecular flexibility index (Phi) is 8.20. The predicted octanol–water partition coefficient (Wildman–Crippen LogP) is 1.58. The molecule has 0 aromatic rings. The van der Waals surface area contributed by atoms with Gasteiger partial charge in [-0.3, -0.25) is 0 Å². The largest absolute Gasteiger partial charge is 0.393 e. The number of rotatable bonds is 7. The van der Waals surface area contributed by atoms with Crippen LogP contribution in [0.3, 0.4) is 0 Å². The van der Waals surface area contributed by atoms with Gasteiger partial charge in [-0.25, -0.2) is 0 Å². The second-order valence-electron chi connectivity index (χ2n) is 2.80. The third-order valence-corrected chi connectivity index (χ3v) is 1.57. The van der Waals surface area contributed by atoms with Crippen LogP contribution in [-0.4, -0.2) is 24.4 Å². The molecule has 0 rings (SSSR count). The van der Waals surface area contributed by atoms with Gasteiger partial charge in [0, 0.05) is 19.6 Å². The van der Waals surface area contributed by atoms with E-state index in [1.807, 2.05) is 0 Å². The zero-order valence-corrected chi connectivity index (χ0v) is 7.75. The summed E-state index contributed by atoms with van der Waals surface area (Å²) in [4.78, 5) is 0. The summed E-state index contributed by atoms with van der Waals surface area (Å²) in [7, 11) is 0. The van der Waals surface area contributed by atoms with Gasteiger partial charge in [-0.1, -0.05) is 6.92 Å². The Morgan fingerprint density at radius 1 is 1.42 bits per heavy atom. The molecule has 1 unspecified atom stereocenters. The zero-order chi connectivity index (χ0) is 9.23. The summed E-state index contributed by atoms with van der Waals surface area (Å²) in [5.41, 5.74) is 0. The third kappa shape index (κ3) is 7.59. The van der Waals surface area contributed by atoms with E-state index < -0.39 is 0 Å². The summed E-state index contributed by atoms with van der Waals surface area (Å²) in [6, 6.07) is 0. The normalized spacial score (nSPS) is 12.4. The van der Waals surface area contributed by atoms with Crippen LogP contribution < -0.4 is 0 Å². The van der Waals surface area contributed by atoms with Gasteiger partial charge in [0.1, 0.15) is 0 Å². The van der Waals surface area contributed by atoms with Crippen molar-refractivity contribution in [1.29, 1.82) is 0 Å². The second-order valence-corrected chi connectivity index (χ2v) is 2.80. The predicted molar refractivity (Wildman–Crippen MR) is 49.8 cm³/mol. The fraction of sp³-hybridized carbons (Fsp3) is 0.800. The van der Waals surface area contributed by atoms with Crippen LogP contribution in [0.4, 0.5) is 0 Å². The molecular formula is C10H18O2. The van der Waals surface area contributed by atoms with Crippen LogP contribution in [0.2, 0.25) is 0 Å². The molecule has 0 spiro atoms. The van der Waals surface area contributed by atoms with E-state index in [4.69, 9.17) is 11.2 Å². The molecule has 0 aliphatic heterocycles. The number of hydrogen-bond acceptors (Lipinski definition) is 2. The van der Waals surface area contributed by atoms with Crippen LogP contribution in [0.25, 0.3) is 0 Å². The standard InChI is InChI=1S/C10H18O2/c1-3-5-6-10(11)7-9-12-8-4-2/h1,10-11H,4-9H2,2H3. The van der Waals surface area contributed by atoms with Crippen LogP contribution in [0.1, 0.15) is 32.6 Å². The minimum atomic E-state index is -0.294. The highest BCUT2D eigenvalue weighted by Crippen LogP contribution is 2.00. The lowest BCUT2D eigenvalue weighted by Crippen LogP contribution is -2.10. The van der Waals surface area contributed by atoms with Gasteiger partial charge < -0.3 is 9.84 Å². The topological polar surface area (TPSA) is 29.5 Å². The molecule has 0 aromatic carbocycles. The summed E-state index contributed by atoms with van der Waals surface area (Å²) >= 11 is 0. The summed E-state index contributed by atoms with van der Waals surface area (Å²) in [6.45, 7) is 3.48. The van der Waals surface area contributed by atoms with E-state index in [1.54, 1.807) is 0 Å². The molecular weight excluding hydrogens is 152 g/mol. The average Bonchev–Trinajstić information content (AvgIpc) is 2.09. The van der Waals surface area contributed by atoms with Crippen LogP contribution in [0.5, 0.6) is 0 Å². The minimum absolute atomic E-state index is 0.294. The number of terminal acetylenes is 1. The molecule has 12 heavy (non-hydrogen) atoms. The van der Waals surface area contributed by atoms with E-state index in [0.29, 0.717) is 25.9 Å². The molecule has 2 nitrogen and oxygen atoms in total. The van der Waals surface area contributed by atoms with Crippen molar-refractivity contribution in [2.75, 3.05) is 13.2 Å². The number of hydrogen-bond donors (Lipinski definition) is 1. The maximum atomic E-state index is 9.30. The van der Waals surface area contributed by atoms with Crippen LogP contribution in [-0.2, 0) is 4.74 Å². The highest BCUT2D eigenvalue weighted by Gasteiger charge is 2.01. The first kappa shape index (κ1) is 11.5. The van der Waals surface area contributed by atoms with E-state index in [-0.39, 0.29) is 6.10 Å². The maximum absolute atomic E-state index is 9.30. The smallest absolute Gasteiger partial charge is 0.0571 e. The van der Waals surface area contributed by atoms with Gasteiger partial charge >= 0.3 is 0 Å². The highest BCUT2D eigenvalue weighted by atomic mass is 16.5. The molecule has 0 aromatic heterocycles. The van der Waals surface area contributed by atoms with E-state index >= 15 is 0 Å². The zero-order valence-electron chi connectivity index (χ0n) is 7.75. The van der Waals surface area contributed by atoms with Crippen LogP contribution >= 0.6 is 0 Å². The summed E-state index contributed by atoms with van der Waals surface area (Å²) in [5.74, 6) is 2.50. The SMILES string of the molecule is C#CCCC(O)CCOCCC. The molecule has 0 bridgehead atoms. The summed E-state index contributed by atoms with van der Waals surface area (Å²) in [6.07, 6.45) is 7.83. The highest BCUT2D eigenvalue weighted by molar-refractivity contribution is 4.84. The fourth-order valence-corrected chi connectivity index (χ4v) is 0.860. The lowest BCUT2D eigenvalue weighted by atomic mass is 10.1. The molecule has 0 heterocycles. The maximum Gasteiger partial charge on any atom is 0.0571 e. The van der Waals surface area contributed by atoms with Gasteiger partial charge in [0.25, 0.3) is 0 Å².